The zero-order valence-electron chi connectivity index (χ0n) is 4.84. The quantitative estimate of drug-likeness (QED) is 0.599. The molecule has 0 aliphatic rings. The van der Waals surface area contributed by atoms with Crippen LogP contribution in [0.15, 0.2) is 22.8 Å². The Balaban J connectivity index is 2.88. The molecule has 0 spiro atoms. The zero-order valence-corrected chi connectivity index (χ0v) is 6.43. The molecule has 1 nitrogen and oxygen atoms in total. The maximum Gasteiger partial charge on any atom is 0.0738 e. The molecule has 1 rings (SSSR count). The predicted octanol–water partition coefficient (Wildman–Crippen LogP) is 1.51. The highest BCUT2D eigenvalue weighted by atomic mass is 79.9. The standard InChI is InChI=1S/C6H5BBrN/c7-3-6-2-1-5(8)4-9-6/h1-2,4H,3H2. The van der Waals surface area contributed by atoms with E-state index in [1.54, 1.807) is 6.20 Å². The van der Waals surface area contributed by atoms with Crippen molar-refractivity contribution in [1.29, 1.82) is 0 Å². The smallest absolute Gasteiger partial charge is 0.0738 e. The summed E-state index contributed by atoms with van der Waals surface area (Å²) in [5.41, 5.74) is 0.915. The van der Waals surface area contributed by atoms with Crippen LogP contribution in [-0.2, 0) is 6.32 Å². The third-order valence-electron chi connectivity index (χ3n) is 0.998. The van der Waals surface area contributed by atoms with Crippen molar-refractivity contribution < 1.29 is 0 Å². The molecule has 0 aliphatic carbocycles. The number of nitrogens with zero attached hydrogens (tertiary/aromatic N) is 1. The zero-order chi connectivity index (χ0) is 6.69. The second kappa shape index (κ2) is 3.02. The van der Waals surface area contributed by atoms with Gasteiger partial charge in [-0.1, -0.05) is 0 Å². The van der Waals surface area contributed by atoms with Crippen LogP contribution < -0.4 is 0 Å². The van der Waals surface area contributed by atoms with Gasteiger partial charge in [-0.3, -0.25) is 4.98 Å². The minimum Gasteiger partial charge on any atom is -0.261 e. The lowest BCUT2D eigenvalue weighted by Gasteiger charge is -1.92. The Morgan fingerprint density at radius 3 is 2.78 bits per heavy atom. The van der Waals surface area contributed by atoms with Crippen molar-refractivity contribution in [2.75, 3.05) is 0 Å². The van der Waals surface area contributed by atoms with Gasteiger partial charge in [-0.15, -0.1) is 0 Å². The number of aromatic nitrogens is 1. The van der Waals surface area contributed by atoms with E-state index in [1.165, 1.54) is 0 Å². The molecule has 0 saturated heterocycles. The molecule has 0 atom stereocenters. The molecule has 0 aromatic carbocycles. The molecule has 1 aromatic rings. The minimum absolute atomic E-state index is 0.507. The molecular weight excluding hydrogens is 177 g/mol. The van der Waals surface area contributed by atoms with Crippen LogP contribution >= 0.6 is 15.9 Å². The second-order valence-electron chi connectivity index (χ2n) is 1.67. The Kier molecular flexibility index (Phi) is 2.28. The summed E-state index contributed by atoms with van der Waals surface area (Å²) in [7, 11) is 5.32. The van der Waals surface area contributed by atoms with Gasteiger partial charge in [-0.25, -0.2) is 0 Å². The van der Waals surface area contributed by atoms with Crippen LogP contribution in [0.4, 0.5) is 0 Å². The van der Waals surface area contributed by atoms with Crippen LogP contribution in [0.25, 0.3) is 0 Å². The molecule has 0 aliphatic heterocycles. The van der Waals surface area contributed by atoms with Crippen LogP contribution in [0.2, 0.25) is 0 Å². The Labute approximate surface area is 64.0 Å². The van der Waals surface area contributed by atoms with Gasteiger partial charge in [-0.05, 0) is 34.4 Å². The molecule has 0 amide bonds. The van der Waals surface area contributed by atoms with Crippen LogP contribution in [0.1, 0.15) is 5.69 Å². The van der Waals surface area contributed by atoms with E-state index in [9.17, 15) is 0 Å². The van der Waals surface area contributed by atoms with E-state index in [0.717, 1.165) is 10.2 Å². The van der Waals surface area contributed by atoms with Gasteiger partial charge < -0.3 is 0 Å². The van der Waals surface area contributed by atoms with E-state index < -0.39 is 0 Å². The van der Waals surface area contributed by atoms with Crippen LogP contribution in [-0.4, -0.2) is 12.8 Å². The maximum absolute atomic E-state index is 5.32. The summed E-state index contributed by atoms with van der Waals surface area (Å²) in [6.45, 7) is 0. The van der Waals surface area contributed by atoms with E-state index in [0.29, 0.717) is 6.32 Å². The first-order valence-corrected chi connectivity index (χ1v) is 3.42. The first-order valence-electron chi connectivity index (χ1n) is 2.63. The van der Waals surface area contributed by atoms with Gasteiger partial charge in [0, 0.05) is 16.4 Å². The maximum atomic E-state index is 5.32. The fourth-order valence-electron chi connectivity index (χ4n) is 0.527. The number of rotatable bonds is 1. The molecule has 0 saturated carbocycles. The first kappa shape index (κ1) is 6.81. The molecule has 3 heteroatoms. The lowest BCUT2D eigenvalue weighted by atomic mass is 10.0. The van der Waals surface area contributed by atoms with Gasteiger partial charge >= 0.3 is 0 Å². The van der Waals surface area contributed by atoms with Gasteiger partial charge in [0.15, 0.2) is 0 Å². The van der Waals surface area contributed by atoms with Crippen molar-refractivity contribution in [2.24, 2.45) is 0 Å². The summed E-state index contributed by atoms with van der Waals surface area (Å²) in [6, 6.07) is 3.82. The molecule has 1 aromatic heterocycles. The normalized spacial score (nSPS) is 9.44. The number of hydrogen-bond donors (Lipinski definition) is 0. The van der Waals surface area contributed by atoms with Crippen LogP contribution in [0.3, 0.4) is 0 Å². The summed E-state index contributed by atoms with van der Waals surface area (Å²) in [5, 5.41) is 0. The van der Waals surface area contributed by atoms with Gasteiger partial charge in [0.05, 0.1) is 7.85 Å². The van der Waals surface area contributed by atoms with Gasteiger partial charge in [-0.2, -0.15) is 0 Å². The number of pyridine rings is 1. The monoisotopic (exact) mass is 181 g/mol. The summed E-state index contributed by atoms with van der Waals surface area (Å²) in [4.78, 5) is 4.02. The third-order valence-corrected chi connectivity index (χ3v) is 1.47. The molecule has 44 valence electrons. The number of hydrogen-bond acceptors (Lipinski definition) is 1. The molecular formula is C6H5BBrN. The molecule has 9 heavy (non-hydrogen) atoms. The lowest BCUT2D eigenvalue weighted by molar-refractivity contribution is 1.16. The number of halogens is 1. The van der Waals surface area contributed by atoms with Gasteiger partial charge in [0.25, 0.3) is 0 Å². The van der Waals surface area contributed by atoms with Gasteiger partial charge in [0.2, 0.25) is 0 Å². The Morgan fingerprint density at radius 2 is 2.33 bits per heavy atom. The van der Waals surface area contributed by atoms with Crippen molar-refractivity contribution in [3.63, 3.8) is 0 Å². The summed E-state index contributed by atoms with van der Waals surface area (Å²) in [6.07, 6.45) is 2.25. The summed E-state index contributed by atoms with van der Waals surface area (Å²) < 4.78 is 0.986. The van der Waals surface area contributed by atoms with Gasteiger partial charge in [0.1, 0.15) is 0 Å². The van der Waals surface area contributed by atoms with E-state index in [2.05, 4.69) is 20.9 Å². The van der Waals surface area contributed by atoms with E-state index >= 15 is 0 Å². The molecule has 1 heterocycles. The Morgan fingerprint density at radius 1 is 1.56 bits per heavy atom. The highest BCUT2D eigenvalue weighted by Gasteiger charge is 1.87. The second-order valence-corrected chi connectivity index (χ2v) is 2.59. The SMILES string of the molecule is [B]Cc1ccc(Br)cn1. The molecule has 0 bridgehead atoms. The molecule has 0 unspecified atom stereocenters. The molecule has 0 N–H and O–H groups in total. The Hall–Kier alpha value is -0.305. The molecule has 0 fully saturated rings. The predicted molar refractivity (Wildman–Crippen MR) is 41.4 cm³/mol. The van der Waals surface area contributed by atoms with Crippen molar-refractivity contribution in [3.05, 3.63) is 28.5 Å². The van der Waals surface area contributed by atoms with Crippen molar-refractivity contribution in [2.45, 2.75) is 6.32 Å². The Bertz CT molecular complexity index is 185. The topological polar surface area (TPSA) is 12.9 Å². The summed E-state index contributed by atoms with van der Waals surface area (Å²) >= 11 is 3.27. The minimum atomic E-state index is 0.507. The van der Waals surface area contributed by atoms with E-state index in [4.69, 9.17) is 7.85 Å². The average molecular weight is 182 g/mol. The third kappa shape index (κ3) is 1.82. The van der Waals surface area contributed by atoms with Crippen LogP contribution in [0, 0.1) is 0 Å². The van der Waals surface area contributed by atoms with Crippen molar-refractivity contribution in [3.8, 4) is 0 Å². The average Bonchev–Trinajstić information content (AvgIpc) is 1.90. The largest absolute Gasteiger partial charge is 0.261 e. The fourth-order valence-corrected chi connectivity index (χ4v) is 0.762. The van der Waals surface area contributed by atoms with Crippen LogP contribution in [0.5, 0.6) is 0 Å². The van der Waals surface area contributed by atoms with E-state index in [1.807, 2.05) is 12.1 Å². The lowest BCUT2D eigenvalue weighted by Crippen LogP contribution is -1.86. The highest BCUT2D eigenvalue weighted by molar-refractivity contribution is 9.10. The summed E-state index contributed by atoms with van der Waals surface area (Å²) in [5.74, 6) is 0. The molecule has 2 radical (unpaired) electrons. The van der Waals surface area contributed by atoms with E-state index in [-0.39, 0.29) is 0 Å². The van der Waals surface area contributed by atoms with Crippen molar-refractivity contribution in [1.82, 2.24) is 4.98 Å². The fraction of sp³-hybridized carbons (Fsp3) is 0.167. The first-order chi connectivity index (χ1) is 4.33. The highest BCUT2D eigenvalue weighted by Crippen LogP contribution is 2.06. The van der Waals surface area contributed by atoms with Crippen molar-refractivity contribution >= 4 is 23.8 Å².